The number of anilines is 2. The number of amides is 1. The van der Waals surface area contributed by atoms with E-state index in [0.29, 0.717) is 32.0 Å². The molecule has 2 aromatic rings. The van der Waals surface area contributed by atoms with E-state index in [0.717, 1.165) is 6.07 Å². The molecule has 0 atom stereocenters. The molecule has 0 spiro atoms. The van der Waals surface area contributed by atoms with Crippen molar-refractivity contribution in [2.75, 3.05) is 49.6 Å². The predicted octanol–water partition coefficient (Wildman–Crippen LogP) is 3.37. The summed E-state index contributed by atoms with van der Waals surface area (Å²) in [5, 5.41) is 13.8. The van der Waals surface area contributed by atoms with E-state index >= 15 is 0 Å². The van der Waals surface area contributed by atoms with Crippen LogP contribution in [0.3, 0.4) is 0 Å². The first-order valence-corrected chi connectivity index (χ1v) is 12.2. The molecule has 2 aromatic carbocycles. The van der Waals surface area contributed by atoms with Gasteiger partial charge in [-0.15, -0.1) is 0 Å². The Morgan fingerprint density at radius 1 is 1.18 bits per heavy atom. The maximum atomic E-state index is 13.1. The number of halogens is 1. The summed E-state index contributed by atoms with van der Waals surface area (Å²) in [4.78, 5) is 25.5. The molecule has 1 heterocycles. The number of nitrogens with one attached hydrogen (secondary N) is 1. The van der Waals surface area contributed by atoms with Crippen molar-refractivity contribution >= 4 is 44.6 Å². The second-order valence-corrected chi connectivity index (χ2v) is 9.59. The van der Waals surface area contributed by atoms with Gasteiger partial charge in [-0.1, -0.05) is 11.6 Å². The van der Waals surface area contributed by atoms with E-state index in [2.05, 4.69) is 5.32 Å². The summed E-state index contributed by atoms with van der Waals surface area (Å²) in [5.41, 5.74) is 0.559. The van der Waals surface area contributed by atoms with Crippen molar-refractivity contribution in [2.45, 2.75) is 18.7 Å². The van der Waals surface area contributed by atoms with Crippen molar-refractivity contribution in [2.24, 2.45) is 0 Å². The number of hydrogen-bond donors (Lipinski definition) is 1. The Labute approximate surface area is 197 Å². The van der Waals surface area contributed by atoms with Crippen LogP contribution < -0.4 is 10.2 Å². The first-order chi connectivity index (χ1) is 15.7. The second kappa shape index (κ2) is 10.5. The van der Waals surface area contributed by atoms with Crippen molar-refractivity contribution in [1.82, 2.24) is 4.31 Å². The molecule has 1 saturated heterocycles. The topological polar surface area (TPSA) is 122 Å². The number of benzene rings is 2. The average Bonchev–Trinajstić information content (AvgIpc) is 2.81. The van der Waals surface area contributed by atoms with Gasteiger partial charge in [-0.2, -0.15) is 4.31 Å². The largest absolute Gasteiger partial charge is 0.379 e. The van der Waals surface area contributed by atoms with E-state index in [9.17, 15) is 23.3 Å². The normalized spacial score (nSPS) is 14.6. The third kappa shape index (κ3) is 5.44. The summed E-state index contributed by atoms with van der Waals surface area (Å²) >= 11 is 5.84. The van der Waals surface area contributed by atoms with E-state index in [1.807, 2.05) is 18.7 Å². The SMILES string of the molecule is CCN(CC)c1ccc(S(=O)(=O)N2CCOCC2)cc1NC(=O)c1ccc(Cl)c([N+](=O)[O-])c1. The van der Waals surface area contributed by atoms with Crippen LogP contribution in [-0.4, -0.2) is 62.9 Å². The van der Waals surface area contributed by atoms with Gasteiger partial charge in [0, 0.05) is 37.8 Å². The zero-order valence-corrected chi connectivity index (χ0v) is 19.9. The lowest BCUT2D eigenvalue weighted by atomic mass is 10.1. The van der Waals surface area contributed by atoms with E-state index in [1.54, 1.807) is 6.07 Å². The zero-order valence-electron chi connectivity index (χ0n) is 18.3. The van der Waals surface area contributed by atoms with Crippen LogP contribution in [0, 0.1) is 10.1 Å². The summed E-state index contributed by atoms with van der Waals surface area (Å²) in [5.74, 6) is -0.621. The average molecular weight is 497 g/mol. The van der Waals surface area contributed by atoms with Crippen LogP contribution in [0.25, 0.3) is 0 Å². The molecule has 3 rings (SSSR count). The maximum absolute atomic E-state index is 13.1. The smallest absolute Gasteiger partial charge is 0.288 e. The number of carbonyl (C=O) groups excluding carboxylic acids is 1. The monoisotopic (exact) mass is 496 g/mol. The predicted molar refractivity (Wildman–Crippen MR) is 126 cm³/mol. The number of ether oxygens (including phenoxy) is 1. The highest BCUT2D eigenvalue weighted by molar-refractivity contribution is 7.89. The van der Waals surface area contributed by atoms with Crippen LogP contribution >= 0.6 is 11.6 Å². The van der Waals surface area contributed by atoms with Gasteiger partial charge in [-0.25, -0.2) is 8.42 Å². The molecule has 1 fully saturated rings. The molecule has 0 saturated carbocycles. The minimum absolute atomic E-state index is 0.0260. The minimum atomic E-state index is -3.79. The van der Waals surface area contributed by atoms with Gasteiger partial charge in [0.15, 0.2) is 0 Å². The molecular formula is C21H25ClN4O6S. The lowest BCUT2D eigenvalue weighted by Crippen LogP contribution is -2.40. The van der Waals surface area contributed by atoms with E-state index in [-0.39, 0.29) is 34.3 Å². The van der Waals surface area contributed by atoms with Gasteiger partial charge >= 0.3 is 0 Å². The van der Waals surface area contributed by atoms with Gasteiger partial charge in [0.25, 0.3) is 11.6 Å². The first kappa shape index (κ1) is 24.9. The van der Waals surface area contributed by atoms with Gasteiger partial charge in [-0.3, -0.25) is 14.9 Å². The molecule has 1 aliphatic heterocycles. The van der Waals surface area contributed by atoms with Gasteiger partial charge in [0.1, 0.15) is 5.02 Å². The van der Waals surface area contributed by atoms with Crippen molar-refractivity contribution in [3.8, 4) is 0 Å². The summed E-state index contributed by atoms with van der Waals surface area (Å²) < 4.78 is 32.8. The van der Waals surface area contributed by atoms with Crippen molar-refractivity contribution < 1.29 is 22.9 Å². The maximum Gasteiger partial charge on any atom is 0.288 e. The van der Waals surface area contributed by atoms with Crippen molar-refractivity contribution in [3.05, 3.63) is 57.1 Å². The molecule has 0 aromatic heterocycles. The standard InChI is InChI=1S/C21H25ClN4O6S/c1-3-24(4-2)19-8-6-16(33(30,31)25-9-11-32-12-10-25)14-18(19)23-21(27)15-5-7-17(22)20(13-15)26(28)29/h5-8,13-14H,3-4,9-12H2,1-2H3,(H,23,27). The van der Waals surface area contributed by atoms with E-state index in [4.69, 9.17) is 16.3 Å². The number of morpholine rings is 1. The molecule has 1 aliphatic rings. The quantitative estimate of drug-likeness (QED) is 0.439. The Bertz CT molecular complexity index is 1150. The highest BCUT2D eigenvalue weighted by Gasteiger charge is 2.28. The Morgan fingerprint density at radius 2 is 1.85 bits per heavy atom. The highest BCUT2D eigenvalue weighted by Crippen LogP contribution is 2.32. The molecule has 0 aliphatic carbocycles. The summed E-state index contributed by atoms with van der Waals surface area (Å²) in [6, 6.07) is 8.32. The lowest BCUT2D eigenvalue weighted by molar-refractivity contribution is -0.384. The van der Waals surface area contributed by atoms with Crippen LogP contribution in [-0.2, 0) is 14.8 Å². The van der Waals surface area contributed by atoms with Gasteiger partial charge in [0.05, 0.1) is 34.4 Å². The Kier molecular flexibility index (Phi) is 7.90. The third-order valence-corrected chi connectivity index (χ3v) is 7.55. The fraction of sp³-hybridized carbons (Fsp3) is 0.381. The highest BCUT2D eigenvalue weighted by atomic mass is 35.5. The molecule has 12 heteroatoms. The summed E-state index contributed by atoms with van der Waals surface area (Å²) in [6.45, 7) is 6.26. The number of rotatable bonds is 8. The fourth-order valence-corrected chi connectivity index (χ4v) is 5.16. The molecule has 10 nitrogen and oxygen atoms in total. The van der Waals surface area contributed by atoms with Crippen molar-refractivity contribution in [3.63, 3.8) is 0 Å². The molecule has 1 N–H and O–H groups in total. The molecule has 0 radical (unpaired) electrons. The molecule has 0 bridgehead atoms. The number of carbonyl (C=O) groups is 1. The molecule has 0 unspecified atom stereocenters. The lowest BCUT2D eigenvalue weighted by Gasteiger charge is -2.28. The zero-order chi connectivity index (χ0) is 24.2. The van der Waals surface area contributed by atoms with Crippen LogP contribution in [0.1, 0.15) is 24.2 Å². The van der Waals surface area contributed by atoms with Crippen molar-refractivity contribution in [1.29, 1.82) is 0 Å². The molecule has 1 amide bonds. The van der Waals surface area contributed by atoms with Crippen LogP contribution in [0.15, 0.2) is 41.3 Å². The second-order valence-electron chi connectivity index (χ2n) is 7.25. The van der Waals surface area contributed by atoms with Gasteiger partial charge in [0.2, 0.25) is 10.0 Å². The van der Waals surface area contributed by atoms with E-state index in [1.165, 1.54) is 28.6 Å². The number of sulfonamides is 1. The number of nitro benzene ring substituents is 1. The first-order valence-electron chi connectivity index (χ1n) is 10.4. The third-order valence-electron chi connectivity index (χ3n) is 5.33. The molecule has 33 heavy (non-hydrogen) atoms. The molecular weight excluding hydrogens is 472 g/mol. The number of nitro groups is 1. The number of hydrogen-bond acceptors (Lipinski definition) is 7. The Hall–Kier alpha value is -2.73. The summed E-state index contributed by atoms with van der Waals surface area (Å²) in [7, 11) is -3.79. The van der Waals surface area contributed by atoms with Gasteiger partial charge in [-0.05, 0) is 44.2 Å². The van der Waals surface area contributed by atoms with Gasteiger partial charge < -0.3 is 15.0 Å². The fourth-order valence-electron chi connectivity index (χ4n) is 3.54. The van der Waals surface area contributed by atoms with E-state index < -0.39 is 26.5 Å². The summed E-state index contributed by atoms with van der Waals surface area (Å²) in [6.07, 6.45) is 0. The Morgan fingerprint density at radius 3 is 2.45 bits per heavy atom. The molecule has 178 valence electrons. The minimum Gasteiger partial charge on any atom is -0.379 e. The Balaban J connectivity index is 2.01. The van der Waals surface area contributed by atoms with Crippen LogP contribution in [0.4, 0.5) is 17.1 Å². The van der Waals surface area contributed by atoms with Crippen LogP contribution in [0.2, 0.25) is 5.02 Å². The van der Waals surface area contributed by atoms with Crippen LogP contribution in [0.5, 0.6) is 0 Å². The number of nitrogens with zero attached hydrogens (tertiary/aromatic N) is 3.